The third kappa shape index (κ3) is 1.79. The molecule has 0 aliphatic heterocycles. The van der Waals surface area contributed by atoms with Gasteiger partial charge in [-0.25, -0.2) is 4.98 Å². The van der Waals surface area contributed by atoms with Crippen molar-refractivity contribution in [2.45, 2.75) is 24.1 Å². The van der Waals surface area contributed by atoms with Gasteiger partial charge in [0.05, 0.1) is 16.1 Å². The maximum Gasteiger partial charge on any atom is 0.201 e. The summed E-state index contributed by atoms with van der Waals surface area (Å²) in [7, 11) is 0. The lowest BCUT2D eigenvalue weighted by Crippen LogP contribution is -2.15. The molecule has 2 N–H and O–H groups in total. The summed E-state index contributed by atoms with van der Waals surface area (Å²) in [4.78, 5) is 4.37. The van der Waals surface area contributed by atoms with Crippen LogP contribution in [-0.2, 0) is 6.54 Å². The maximum absolute atomic E-state index is 6.24. The Hall–Kier alpha value is -0.870. The third-order valence-corrected chi connectivity index (χ3v) is 5.14. The van der Waals surface area contributed by atoms with Gasteiger partial charge in [0, 0.05) is 11.3 Å². The number of imidazole rings is 1. The van der Waals surface area contributed by atoms with E-state index in [2.05, 4.69) is 15.8 Å². The molecular formula is C12H14ClN3S. The second kappa shape index (κ2) is 3.82. The van der Waals surface area contributed by atoms with E-state index in [-0.39, 0.29) is 0 Å². The Morgan fingerprint density at radius 2 is 2.29 bits per heavy atom. The highest BCUT2D eigenvalue weighted by molar-refractivity contribution is 8.00. The second-order valence-electron chi connectivity index (χ2n) is 4.55. The lowest BCUT2D eigenvalue weighted by Gasteiger charge is -2.15. The summed E-state index contributed by atoms with van der Waals surface area (Å²) in [5.74, 6) is 0.563. The van der Waals surface area contributed by atoms with Gasteiger partial charge in [0.2, 0.25) is 5.95 Å². The fourth-order valence-electron chi connectivity index (χ4n) is 2.17. The third-order valence-electron chi connectivity index (χ3n) is 3.43. The molecule has 3 rings (SSSR count). The van der Waals surface area contributed by atoms with Gasteiger partial charge in [-0.15, -0.1) is 0 Å². The van der Waals surface area contributed by atoms with E-state index in [0.29, 0.717) is 10.7 Å². The van der Waals surface area contributed by atoms with Crippen molar-refractivity contribution in [3.63, 3.8) is 0 Å². The molecule has 0 atom stereocenters. The van der Waals surface area contributed by atoms with Crippen molar-refractivity contribution in [1.29, 1.82) is 0 Å². The number of nitrogens with two attached hydrogens (primary N) is 1. The van der Waals surface area contributed by atoms with Gasteiger partial charge in [0.15, 0.2) is 0 Å². The first-order chi connectivity index (χ1) is 8.15. The zero-order valence-corrected chi connectivity index (χ0v) is 11.2. The highest BCUT2D eigenvalue weighted by Crippen LogP contribution is 2.49. The van der Waals surface area contributed by atoms with Crippen LogP contribution >= 0.6 is 23.4 Å². The SMILES string of the molecule is CSC1(Cn2c(N)nc3cccc(Cl)c32)CC1. The average Bonchev–Trinajstić information content (AvgIpc) is 3.00. The van der Waals surface area contributed by atoms with Gasteiger partial charge in [-0.3, -0.25) is 0 Å². The van der Waals surface area contributed by atoms with Crippen molar-refractivity contribution in [2.75, 3.05) is 12.0 Å². The van der Waals surface area contributed by atoms with Crippen molar-refractivity contribution < 1.29 is 0 Å². The van der Waals surface area contributed by atoms with Crippen LogP contribution in [-0.4, -0.2) is 20.6 Å². The second-order valence-corrected chi connectivity index (χ2v) is 6.23. The Kier molecular flexibility index (Phi) is 2.52. The van der Waals surface area contributed by atoms with Crippen molar-refractivity contribution in [3.05, 3.63) is 23.2 Å². The zero-order chi connectivity index (χ0) is 12.0. The van der Waals surface area contributed by atoms with Crippen LogP contribution in [0.15, 0.2) is 18.2 Å². The van der Waals surface area contributed by atoms with E-state index in [1.807, 2.05) is 30.0 Å². The number of rotatable bonds is 3. The largest absolute Gasteiger partial charge is 0.369 e. The molecular weight excluding hydrogens is 254 g/mol. The molecule has 90 valence electrons. The van der Waals surface area contributed by atoms with Crippen molar-refractivity contribution >= 4 is 40.3 Å². The summed E-state index contributed by atoms with van der Waals surface area (Å²) < 4.78 is 2.40. The molecule has 0 unspecified atom stereocenters. The molecule has 3 nitrogen and oxygen atoms in total. The summed E-state index contributed by atoms with van der Waals surface area (Å²) in [6, 6.07) is 5.75. The Balaban J connectivity index is 2.12. The summed E-state index contributed by atoms with van der Waals surface area (Å²) in [5.41, 5.74) is 7.84. The van der Waals surface area contributed by atoms with E-state index in [0.717, 1.165) is 22.6 Å². The van der Waals surface area contributed by atoms with Crippen LogP contribution in [0.25, 0.3) is 11.0 Å². The van der Waals surface area contributed by atoms with Crippen molar-refractivity contribution in [2.24, 2.45) is 0 Å². The Bertz CT molecular complexity index is 574. The quantitative estimate of drug-likeness (QED) is 0.929. The highest BCUT2D eigenvalue weighted by Gasteiger charge is 2.42. The van der Waals surface area contributed by atoms with Crippen LogP contribution in [0.3, 0.4) is 0 Å². The van der Waals surface area contributed by atoms with Gasteiger partial charge >= 0.3 is 0 Å². The lowest BCUT2D eigenvalue weighted by molar-refractivity contribution is 0.687. The first-order valence-electron chi connectivity index (χ1n) is 5.61. The van der Waals surface area contributed by atoms with Crippen molar-refractivity contribution in [1.82, 2.24) is 9.55 Å². The molecule has 0 saturated heterocycles. The fourth-order valence-corrected chi connectivity index (χ4v) is 3.21. The lowest BCUT2D eigenvalue weighted by atomic mass is 10.3. The van der Waals surface area contributed by atoms with E-state index < -0.39 is 0 Å². The molecule has 1 fully saturated rings. The monoisotopic (exact) mass is 267 g/mol. The molecule has 1 saturated carbocycles. The maximum atomic E-state index is 6.24. The number of hydrogen-bond donors (Lipinski definition) is 1. The molecule has 1 aliphatic carbocycles. The molecule has 0 spiro atoms. The molecule has 5 heteroatoms. The minimum atomic E-state index is 0.348. The molecule has 1 aromatic heterocycles. The molecule has 2 aromatic rings. The number of thioether (sulfide) groups is 1. The van der Waals surface area contributed by atoms with Crippen LogP contribution in [0.1, 0.15) is 12.8 Å². The molecule has 0 radical (unpaired) electrons. The van der Waals surface area contributed by atoms with E-state index >= 15 is 0 Å². The number of hydrogen-bond acceptors (Lipinski definition) is 3. The number of anilines is 1. The topological polar surface area (TPSA) is 43.8 Å². The smallest absolute Gasteiger partial charge is 0.201 e. The minimum Gasteiger partial charge on any atom is -0.369 e. The van der Waals surface area contributed by atoms with Gasteiger partial charge < -0.3 is 10.3 Å². The first kappa shape index (κ1) is 11.2. The van der Waals surface area contributed by atoms with Crippen LogP contribution in [0.2, 0.25) is 5.02 Å². The van der Waals surface area contributed by atoms with Gasteiger partial charge in [-0.05, 0) is 31.2 Å². The average molecular weight is 268 g/mol. The van der Waals surface area contributed by atoms with Crippen LogP contribution in [0.5, 0.6) is 0 Å². The molecule has 1 aromatic carbocycles. The standard InChI is InChI=1S/C12H14ClN3S/c1-17-12(5-6-12)7-16-10-8(13)3-2-4-9(10)15-11(16)14/h2-4H,5-7H2,1H3,(H2,14,15). The highest BCUT2D eigenvalue weighted by atomic mass is 35.5. The fraction of sp³-hybridized carbons (Fsp3) is 0.417. The summed E-state index contributed by atoms with van der Waals surface area (Å²) in [5, 5.41) is 0.726. The predicted molar refractivity (Wildman–Crippen MR) is 74.6 cm³/mol. The number of nitrogens with zero attached hydrogens (tertiary/aromatic N) is 2. The molecule has 1 heterocycles. The molecule has 1 aliphatic rings. The van der Waals surface area contributed by atoms with Crippen LogP contribution in [0, 0.1) is 0 Å². The van der Waals surface area contributed by atoms with Crippen LogP contribution < -0.4 is 5.73 Å². The Labute approximate surface area is 109 Å². The Morgan fingerprint density at radius 3 is 2.94 bits per heavy atom. The van der Waals surface area contributed by atoms with Gasteiger partial charge in [-0.2, -0.15) is 11.8 Å². The van der Waals surface area contributed by atoms with Crippen molar-refractivity contribution in [3.8, 4) is 0 Å². The van der Waals surface area contributed by atoms with Gasteiger partial charge in [-0.1, -0.05) is 17.7 Å². The first-order valence-corrected chi connectivity index (χ1v) is 7.21. The molecule has 17 heavy (non-hydrogen) atoms. The predicted octanol–water partition coefficient (Wildman–Crippen LogP) is 3.17. The minimum absolute atomic E-state index is 0.348. The zero-order valence-electron chi connectivity index (χ0n) is 9.61. The van der Waals surface area contributed by atoms with E-state index in [9.17, 15) is 0 Å². The van der Waals surface area contributed by atoms with E-state index in [1.54, 1.807) is 0 Å². The number of para-hydroxylation sites is 1. The molecule has 0 amide bonds. The number of aromatic nitrogens is 2. The Morgan fingerprint density at radius 1 is 1.53 bits per heavy atom. The van der Waals surface area contributed by atoms with E-state index in [1.165, 1.54) is 12.8 Å². The summed E-state index contributed by atoms with van der Waals surface area (Å²) >= 11 is 8.16. The summed E-state index contributed by atoms with van der Waals surface area (Å²) in [6.07, 6.45) is 4.65. The normalized spacial score (nSPS) is 17.5. The number of fused-ring (bicyclic) bond motifs is 1. The number of nitrogen functional groups attached to an aromatic ring is 1. The number of benzene rings is 1. The number of halogens is 1. The van der Waals surface area contributed by atoms with Crippen LogP contribution in [0.4, 0.5) is 5.95 Å². The molecule has 0 bridgehead atoms. The summed E-state index contributed by atoms with van der Waals surface area (Å²) in [6.45, 7) is 0.903. The van der Waals surface area contributed by atoms with Gasteiger partial charge in [0.25, 0.3) is 0 Å². The van der Waals surface area contributed by atoms with Gasteiger partial charge in [0.1, 0.15) is 0 Å². The van der Waals surface area contributed by atoms with E-state index in [4.69, 9.17) is 17.3 Å².